The van der Waals surface area contributed by atoms with E-state index in [-0.39, 0.29) is 18.6 Å². The number of alkyl halides is 1. The molecule has 8 heteroatoms. The lowest BCUT2D eigenvalue weighted by atomic mass is 10.1. The molecule has 0 saturated carbocycles. The SMILES string of the molecule is Cc1nc(COc2ccccc2C(=O)NC[C@@H]2C[C@H](F)CN2)no1. The summed E-state index contributed by atoms with van der Waals surface area (Å²) in [6.07, 6.45) is -0.434. The summed E-state index contributed by atoms with van der Waals surface area (Å²) in [4.78, 5) is 16.4. The number of hydrogen-bond donors (Lipinski definition) is 2. The molecule has 0 spiro atoms. The van der Waals surface area contributed by atoms with E-state index in [0.29, 0.717) is 42.5 Å². The van der Waals surface area contributed by atoms with Crippen molar-refractivity contribution in [2.24, 2.45) is 0 Å². The molecule has 1 aromatic carbocycles. The molecular weight excluding hydrogens is 315 g/mol. The lowest BCUT2D eigenvalue weighted by Crippen LogP contribution is -2.37. The number of amides is 1. The molecule has 1 amide bonds. The summed E-state index contributed by atoms with van der Waals surface area (Å²) < 4.78 is 23.6. The molecule has 7 nitrogen and oxygen atoms in total. The zero-order chi connectivity index (χ0) is 16.9. The highest BCUT2D eigenvalue weighted by atomic mass is 19.1. The number of benzene rings is 1. The van der Waals surface area contributed by atoms with E-state index in [2.05, 4.69) is 20.8 Å². The number of aryl methyl sites for hydroxylation is 1. The van der Waals surface area contributed by atoms with E-state index in [9.17, 15) is 9.18 Å². The standard InChI is InChI=1S/C16H19FN4O3/c1-10-20-15(21-24-10)9-23-14-5-3-2-4-13(14)16(22)19-8-12-6-11(17)7-18-12/h2-5,11-12,18H,6-9H2,1H3,(H,19,22)/t11-,12-/m0/s1. The van der Waals surface area contributed by atoms with Crippen LogP contribution in [-0.2, 0) is 6.61 Å². The minimum atomic E-state index is -0.846. The van der Waals surface area contributed by atoms with Crippen LogP contribution in [0, 0.1) is 6.92 Å². The van der Waals surface area contributed by atoms with Crippen LogP contribution >= 0.6 is 0 Å². The Labute approximate surface area is 138 Å². The van der Waals surface area contributed by atoms with Crippen LogP contribution in [-0.4, -0.2) is 41.4 Å². The fourth-order valence-electron chi connectivity index (χ4n) is 2.56. The van der Waals surface area contributed by atoms with Crippen LogP contribution in [0.15, 0.2) is 28.8 Å². The van der Waals surface area contributed by atoms with Gasteiger partial charge >= 0.3 is 0 Å². The Morgan fingerprint density at radius 2 is 2.33 bits per heavy atom. The van der Waals surface area contributed by atoms with Gasteiger partial charge in [0.15, 0.2) is 6.61 Å². The van der Waals surface area contributed by atoms with Gasteiger partial charge in [0.2, 0.25) is 11.7 Å². The number of ether oxygens (including phenoxy) is 1. The summed E-state index contributed by atoms with van der Waals surface area (Å²) in [5.41, 5.74) is 0.410. The van der Waals surface area contributed by atoms with E-state index in [1.807, 2.05) is 0 Å². The molecule has 0 bridgehead atoms. The highest BCUT2D eigenvalue weighted by Crippen LogP contribution is 2.19. The van der Waals surface area contributed by atoms with Crippen LogP contribution in [0.1, 0.15) is 28.5 Å². The molecule has 1 aromatic heterocycles. The first-order valence-electron chi connectivity index (χ1n) is 7.78. The van der Waals surface area contributed by atoms with Crippen molar-refractivity contribution in [1.82, 2.24) is 20.8 Å². The first kappa shape index (κ1) is 16.4. The summed E-state index contributed by atoms with van der Waals surface area (Å²) in [5, 5.41) is 9.58. The predicted molar refractivity (Wildman–Crippen MR) is 83.4 cm³/mol. The van der Waals surface area contributed by atoms with Gasteiger partial charge in [0.25, 0.3) is 5.91 Å². The number of carbonyl (C=O) groups excluding carboxylic acids is 1. The molecule has 2 heterocycles. The van der Waals surface area contributed by atoms with Crippen molar-refractivity contribution in [2.45, 2.75) is 32.2 Å². The quantitative estimate of drug-likeness (QED) is 0.830. The van der Waals surface area contributed by atoms with E-state index in [1.165, 1.54) is 0 Å². The van der Waals surface area contributed by atoms with Crippen LogP contribution in [0.3, 0.4) is 0 Å². The second-order valence-electron chi connectivity index (χ2n) is 5.66. The van der Waals surface area contributed by atoms with E-state index in [1.54, 1.807) is 31.2 Å². The Bertz CT molecular complexity index is 706. The van der Waals surface area contributed by atoms with Gasteiger partial charge in [0.05, 0.1) is 5.56 Å². The predicted octanol–water partition coefficient (Wildman–Crippen LogP) is 1.39. The second kappa shape index (κ2) is 7.39. The van der Waals surface area contributed by atoms with Gasteiger partial charge in [0, 0.05) is 26.1 Å². The minimum absolute atomic E-state index is 0.0423. The molecule has 0 aliphatic carbocycles. The van der Waals surface area contributed by atoms with Gasteiger partial charge in [0.1, 0.15) is 11.9 Å². The summed E-state index contributed by atoms with van der Waals surface area (Å²) in [7, 11) is 0. The molecule has 0 radical (unpaired) electrons. The average molecular weight is 334 g/mol. The third-order valence-electron chi connectivity index (χ3n) is 3.74. The Balaban J connectivity index is 1.59. The molecule has 1 saturated heterocycles. The van der Waals surface area contributed by atoms with Crippen LogP contribution in [0.25, 0.3) is 0 Å². The van der Waals surface area contributed by atoms with Crippen LogP contribution in [0.5, 0.6) is 5.75 Å². The average Bonchev–Trinajstić information content (AvgIpc) is 3.19. The first-order chi connectivity index (χ1) is 11.6. The lowest BCUT2D eigenvalue weighted by molar-refractivity contribution is 0.0945. The fourth-order valence-corrected chi connectivity index (χ4v) is 2.56. The second-order valence-corrected chi connectivity index (χ2v) is 5.66. The third-order valence-corrected chi connectivity index (χ3v) is 3.74. The number of carbonyl (C=O) groups is 1. The van der Waals surface area contributed by atoms with E-state index >= 15 is 0 Å². The maximum Gasteiger partial charge on any atom is 0.255 e. The molecule has 0 unspecified atom stereocenters. The lowest BCUT2D eigenvalue weighted by Gasteiger charge is -2.13. The van der Waals surface area contributed by atoms with Crippen molar-refractivity contribution in [3.05, 3.63) is 41.5 Å². The van der Waals surface area contributed by atoms with E-state index < -0.39 is 6.17 Å². The highest BCUT2D eigenvalue weighted by Gasteiger charge is 2.24. The number of rotatable bonds is 6. The fraction of sp³-hybridized carbons (Fsp3) is 0.438. The topological polar surface area (TPSA) is 89.3 Å². The number of nitrogens with one attached hydrogen (secondary N) is 2. The minimum Gasteiger partial charge on any atom is -0.485 e. The maximum atomic E-state index is 13.1. The van der Waals surface area contributed by atoms with Crippen LogP contribution in [0.4, 0.5) is 4.39 Å². The number of aromatic nitrogens is 2. The van der Waals surface area contributed by atoms with Gasteiger partial charge in [-0.05, 0) is 18.6 Å². The van der Waals surface area contributed by atoms with Gasteiger partial charge in [-0.1, -0.05) is 17.3 Å². The van der Waals surface area contributed by atoms with Gasteiger partial charge in [-0.15, -0.1) is 0 Å². The summed E-state index contributed by atoms with van der Waals surface area (Å²) in [6.45, 7) is 2.51. The summed E-state index contributed by atoms with van der Waals surface area (Å²) in [6, 6.07) is 6.87. The van der Waals surface area contributed by atoms with Crippen molar-refractivity contribution in [2.75, 3.05) is 13.1 Å². The number of hydrogen-bond acceptors (Lipinski definition) is 6. The zero-order valence-electron chi connectivity index (χ0n) is 13.3. The molecule has 128 valence electrons. The molecule has 2 N–H and O–H groups in total. The number of nitrogens with zero attached hydrogens (tertiary/aromatic N) is 2. The Hall–Kier alpha value is -2.48. The number of halogens is 1. The van der Waals surface area contributed by atoms with Crippen molar-refractivity contribution in [3.63, 3.8) is 0 Å². The normalized spacial score (nSPS) is 20.1. The third kappa shape index (κ3) is 4.08. The van der Waals surface area contributed by atoms with Crippen molar-refractivity contribution in [1.29, 1.82) is 0 Å². The number of para-hydroxylation sites is 1. The molecule has 1 aliphatic rings. The molecule has 24 heavy (non-hydrogen) atoms. The molecule has 3 rings (SSSR count). The van der Waals surface area contributed by atoms with Crippen molar-refractivity contribution >= 4 is 5.91 Å². The Kier molecular flexibility index (Phi) is 5.05. The van der Waals surface area contributed by atoms with Gasteiger partial charge < -0.3 is 19.9 Å². The molecule has 1 aliphatic heterocycles. The smallest absolute Gasteiger partial charge is 0.255 e. The molecule has 2 atom stereocenters. The summed E-state index contributed by atoms with van der Waals surface area (Å²) >= 11 is 0. The monoisotopic (exact) mass is 334 g/mol. The van der Waals surface area contributed by atoms with Gasteiger partial charge in [-0.25, -0.2) is 4.39 Å². The first-order valence-corrected chi connectivity index (χ1v) is 7.78. The van der Waals surface area contributed by atoms with E-state index in [0.717, 1.165) is 0 Å². The molecule has 2 aromatic rings. The Morgan fingerprint density at radius 3 is 3.04 bits per heavy atom. The van der Waals surface area contributed by atoms with Crippen molar-refractivity contribution < 1.29 is 18.4 Å². The van der Waals surface area contributed by atoms with Crippen LogP contribution < -0.4 is 15.4 Å². The Morgan fingerprint density at radius 1 is 1.50 bits per heavy atom. The molecule has 1 fully saturated rings. The largest absolute Gasteiger partial charge is 0.485 e. The molecular formula is C16H19FN4O3. The summed E-state index contributed by atoms with van der Waals surface area (Å²) in [5.74, 6) is 1.03. The highest BCUT2D eigenvalue weighted by molar-refractivity contribution is 5.96. The maximum absolute atomic E-state index is 13.1. The van der Waals surface area contributed by atoms with Gasteiger partial charge in [-0.2, -0.15) is 4.98 Å². The zero-order valence-corrected chi connectivity index (χ0v) is 13.3. The van der Waals surface area contributed by atoms with Crippen LogP contribution in [0.2, 0.25) is 0 Å². The van der Waals surface area contributed by atoms with Crippen molar-refractivity contribution in [3.8, 4) is 5.75 Å². The van der Waals surface area contributed by atoms with E-state index in [4.69, 9.17) is 9.26 Å². The van der Waals surface area contributed by atoms with Gasteiger partial charge in [-0.3, -0.25) is 4.79 Å².